The summed E-state index contributed by atoms with van der Waals surface area (Å²) in [6.07, 6.45) is 0.792. The Kier molecular flexibility index (Phi) is 8.24. The van der Waals surface area contributed by atoms with Crippen LogP contribution in [0.3, 0.4) is 0 Å². The van der Waals surface area contributed by atoms with E-state index in [4.69, 9.17) is 4.74 Å². The van der Waals surface area contributed by atoms with Gasteiger partial charge in [0.25, 0.3) is 0 Å². The molecule has 0 spiro atoms. The van der Waals surface area contributed by atoms with Crippen LogP contribution in [0.4, 0.5) is 4.79 Å². The van der Waals surface area contributed by atoms with Gasteiger partial charge in [0.1, 0.15) is 12.2 Å². The molecule has 0 fully saturated rings. The lowest BCUT2D eigenvalue weighted by Gasteiger charge is -2.11. The zero-order chi connectivity index (χ0) is 18.1. The predicted octanol–water partition coefficient (Wildman–Crippen LogP) is 0.637. The van der Waals surface area contributed by atoms with Gasteiger partial charge in [0.05, 0.1) is 12.4 Å². The maximum absolute atomic E-state index is 11.8. The van der Waals surface area contributed by atoms with Crippen molar-refractivity contribution in [2.75, 3.05) is 12.4 Å². The minimum absolute atomic E-state index is 0.00497. The van der Waals surface area contributed by atoms with Crippen molar-refractivity contribution < 1.29 is 19.1 Å². The van der Waals surface area contributed by atoms with E-state index in [-0.39, 0.29) is 24.2 Å². The summed E-state index contributed by atoms with van der Waals surface area (Å²) in [7, 11) is 1.70. The quantitative estimate of drug-likeness (QED) is 0.518. The summed E-state index contributed by atoms with van der Waals surface area (Å²) in [6.45, 7) is 5.82. The molecule has 0 saturated heterocycles. The number of hydrogen-bond donors (Lipinski definition) is 2. The molecule has 24 heavy (non-hydrogen) atoms. The normalized spacial score (nSPS) is 11.7. The van der Waals surface area contributed by atoms with Crippen LogP contribution in [0.5, 0.6) is 0 Å². The molecule has 0 bridgehead atoms. The van der Waals surface area contributed by atoms with Crippen molar-refractivity contribution in [3.05, 3.63) is 5.82 Å². The standard InChI is InChI=1S/C14H23N5O4S/c1-5-9(3)15-13(22)16-11(20)8-24-14-18-17-10(19(14)4)7-12(21)23-6-2/h9H,5-8H2,1-4H3,(H2,15,16,20,22)/t9-/m0/s1. The Morgan fingerprint density at radius 3 is 2.62 bits per heavy atom. The second-order valence-electron chi connectivity index (χ2n) is 5.06. The SMILES string of the molecule is CCOC(=O)Cc1nnc(SCC(=O)NC(=O)N[C@@H](C)CC)n1C. The highest BCUT2D eigenvalue weighted by atomic mass is 32.2. The fourth-order valence-electron chi connectivity index (χ4n) is 1.62. The number of urea groups is 1. The van der Waals surface area contributed by atoms with Gasteiger partial charge in [-0.2, -0.15) is 0 Å². The van der Waals surface area contributed by atoms with Crippen LogP contribution in [0.2, 0.25) is 0 Å². The molecule has 0 aliphatic carbocycles. The van der Waals surface area contributed by atoms with E-state index in [1.54, 1.807) is 18.5 Å². The van der Waals surface area contributed by atoms with Gasteiger partial charge in [0.15, 0.2) is 5.16 Å². The van der Waals surface area contributed by atoms with Crippen molar-refractivity contribution in [3.63, 3.8) is 0 Å². The molecule has 3 amide bonds. The van der Waals surface area contributed by atoms with Crippen LogP contribution < -0.4 is 10.6 Å². The second kappa shape index (κ2) is 9.91. The molecule has 1 rings (SSSR count). The first-order valence-corrected chi connectivity index (χ1v) is 8.62. The van der Waals surface area contributed by atoms with E-state index in [1.165, 1.54) is 0 Å². The Labute approximate surface area is 144 Å². The molecular formula is C14H23N5O4S. The van der Waals surface area contributed by atoms with Gasteiger partial charge in [-0.15, -0.1) is 10.2 Å². The number of carbonyl (C=O) groups is 3. The summed E-state index contributed by atoms with van der Waals surface area (Å²) in [4.78, 5) is 34.8. The van der Waals surface area contributed by atoms with Crippen LogP contribution >= 0.6 is 11.8 Å². The number of carbonyl (C=O) groups excluding carboxylic acids is 3. The molecule has 134 valence electrons. The van der Waals surface area contributed by atoms with E-state index in [2.05, 4.69) is 20.8 Å². The average Bonchev–Trinajstić information content (AvgIpc) is 2.85. The molecule has 0 aliphatic heterocycles. The van der Waals surface area contributed by atoms with Gasteiger partial charge in [-0.05, 0) is 20.3 Å². The van der Waals surface area contributed by atoms with Crippen LogP contribution in [0, 0.1) is 0 Å². The molecule has 1 heterocycles. The van der Waals surface area contributed by atoms with Gasteiger partial charge in [-0.3, -0.25) is 14.9 Å². The van der Waals surface area contributed by atoms with Gasteiger partial charge in [0.2, 0.25) is 5.91 Å². The fraction of sp³-hybridized carbons (Fsp3) is 0.643. The first-order chi connectivity index (χ1) is 11.4. The number of ether oxygens (including phenoxy) is 1. The minimum atomic E-state index is -0.518. The van der Waals surface area contributed by atoms with E-state index in [1.807, 2.05) is 13.8 Å². The largest absolute Gasteiger partial charge is 0.466 e. The predicted molar refractivity (Wildman–Crippen MR) is 88.5 cm³/mol. The summed E-state index contributed by atoms with van der Waals surface area (Å²) in [5, 5.41) is 13.2. The molecule has 0 unspecified atom stereocenters. The van der Waals surface area contributed by atoms with Gasteiger partial charge in [-0.25, -0.2) is 4.79 Å². The number of nitrogens with zero attached hydrogens (tertiary/aromatic N) is 3. The third-order valence-electron chi connectivity index (χ3n) is 3.11. The van der Waals surface area contributed by atoms with Crippen LogP contribution in [-0.2, 0) is 27.8 Å². The summed E-state index contributed by atoms with van der Waals surface area (Å²) >= 11 is 1.13. The lowest BCUT2D eigenvalue weighted by Crippen LogP contribution is -2.43. The molecule has 0 saturated carbocycles. The molecule has 2 N–H and O–H groups in total. The van der Waals surface area contributed by atoms with E-state index in [0.29, 0.717) is 17.6 Å². The van der Waals surface area contributed by atoms with Crippen molar-refractivity contribution in [2.45, 2.75) is 44.8 Å². The Bertz CT molecular complexity index is 590. The number of hydrogen-bond acceptors (Lipinski definition) is 7. The monoisotopic (exact) mass is 357 g/mol. The van der Waals surface area contributed by atoms with Gasteiger partial charge >= 0.3 is 12.0 Å². The lowest BCUT2D eigenvalue weighted by atomic mass is 10.3. The number of imide groups is 1. The summed E-state index contributed by atoms with van der Waals surface area (Å²) in [5.74, 6) is -0.357. The Balaban J connectivity index is 2.47. The maximum Gasteiger partial charge on any atom is 0.321 e. The fourth-order valence-corrected chi connectivity index (χ4v) is 2.35. The van der Waals surface area contributed by atoms with Gasteiger partial charge < -0.3 is 14.6 Å². The number of esters is 1. The molecule has 1 aromatic rings. The second-order valence-corrected chi connectivity index (χ2v) is 6.00. The number of rotatable bonds is 8. The molecule has 9 nitrogen and oxygen atoms in total. The number of thioether (sulfide) groups is 1. The number of aromatic nitrogens is 3. The third kappa shape index (κ3) is 6.57. The highest BCUT2D eigenvalue weighted by Gasteiger charge is 2.16. The molecule has 0 aliphatic rings. The maximum atomic E-state index is 11.8. The molecule has 0 radical (unpaired) electrons. The third-order valence-corrected chi connectivity index (χ3v) is 4.13. The van der Waals surface area contributed by atoms with E-state index >= 15 is 0 Å². The smallest absolute Gasteiger partial charge is 0.321 e. The Morgan fingerprint density at radius 2 is 2.00 bits per heavy atom. The van der Waals surface area contributed by atoms with Gasteiger partial charge in [-0.1, -0.05) is 18.7 Å². The van der Waals surface area contributed by atoms with Crippen LogP contribution in [0.25, 0.3) is 0 Å². The number of amides is 3. The zero-order valence-electron chi connectivity index (χ0n) is 14.3. The Morgan fingerprint density at radius 1 is 1.29 bits per heavy atom. The molecule has 0 aromatic carbocycles. The average molecular weight is 357 g/mol. The number of nitrogens with one attached hydrogen (secondary N) is 2. The highest BCUT2D eigenvalue weighted by molar-refractivity contribution is 7.99. The molecule has 1 atom stereocenters. The van der Waals surface area contributed by atoms with Crippen molar-refractivity contribution in [2.24, 2.45) is 7.05 Å². The van der Waals surface area contributed by atoms with Crippen molar-refractivity contribution in [1.82, 2.24) is 25.4 Å². The van der Waals surface area contributed by atoms with Crippen molar-refractivity contribution in [3.8, 4) is 0 Å². The van der Waals surface area contributed by atoms with E-state index in [9.17, 15) is 14.4 Å². The molecule has 10 heteroatoms. The summed E-state index contributed by atoms with van der Waals surface area (Å²) in [6, 6.07) is -0.523. The molecule has 1 aromatic heterocycles. The topological polar surface area (TPSA) is 115 Å². The van der Waals surface area contributed by atoms with E-state index in [0.717, 1.165) is 18.2 Å². The summed E-state index contributed by atoms with van der Waals surface area (Å²) in [5.41, 5.74) is 0. The molecular weight excluding hydrogens is 334 g/mol. The van der Waals surface area contributed by atoms with Crippen LogP contribution in [0.1, 0.15) is 33.0 Å². The van der Waals surface area contributed by atoms with E-state index < -0.39 is 11.9 Å². The highest BCUT2D eigenvalue weighted by Crippen LogP contribution is 2.15. The van der Waals surface area contributed by atoms with Crippen molar-refractivity contribution >= 4 is 29.7 Å². The minimum Gasteiger partial charge on any atom is -0.466 e. The first-order valence-electron chi connectivity index (χ1n) is 7.64. The van der Waals surface area contributed by atoms with Crippen LogP contribution in [-0.4, -0.2) is 51.1 Å². The summed E-state index contributed by atoms with van der Waals surface area (Å²) < 4.78 is 6.48. The lowest BCUT2D eigenvalue weighted by molar-refractivity contribution is -0.142. The van der Waals surface area contributed by atoms with Crippen molar-refractivity contribution in [1.29, 1.82) is 0 Å². The first kappa shape index (κ1) is 19.9. The van der Waals surface area contributed by atoms with Gasteiger partial charge in [0, 0.05) is 13.1 Å². The Hall–Kier alpha value is -2.10. The zero-order valence-corrected chi connectivity index (χ0v) is 15.1. The van der Waals surface area contributed by atoms with Crippen LogP contribution in [0.15, 0.2) is 5.16 Å².